The highest BCUT2D eigenvalue weighted by molar-refractivity contribution is 9.10. The van der Waals surface area contributed by atoms with E-state index in [1.165, 1.54) is 5.56 Å². The summed E-state index contributed by atoms with van der Waals surface area (Å²) in [4.78, 5) is 19.4. The van der Waals surface area contributed by atoms with Crippen LogP contribution >= 0.6 is 15.9 Å². The average molecular weight is 321 g/mol. The van der Waals surface area contributed by atoms with Gasteiger partial charge in [-0.3, -0.25) is 4.79 Å². The minimum Gasteiger partial charge on any atom is -0.306 e. The van der Waals surface area contributed by atoms with Crippen molar-refractivity contribution in [3.05, 3.63) is 49.3 Å². The number of hydrogen-bond acceptors (Lipinski definition) is 2. The largest absolute Gasteiger partial charge is 0.306 e. The number of aromatic nitrogens is 2. The number of halogens is 1. The molecule has 1 aromatic heterocycles. The van der Waals surface area contributed by atoms with E-state index in [0.29, 0.717) is 10.3 Å². The lowest BCUT2D eigenvalue weighted by molar-refractivity contribution is 0.967. The molecule has 0 bridgehead atoms. The molecule has 0 saturated heterocycles. The van der Waals surface area contributed by atoms with Gasteiger partial charge in [0.05, 0.1) is 5.69 Å². The molecule has 19 heavy (non-hydrogen) atoms. The van der Waals surface area contributed by atoms with Gasteiger partial charge in [0.25, 0.3) is 5.56 Å². The van der Waals surface area contributed by atoms with E-state index in [0.717, 1.165) is 28.8 Å². The van der Waals surface area contributed by atoms with E-state index in [-0.39, 0.29) is 5.56 Å². The molecule has 0 saturated carbocycles. The summed E-state index contributed by atoms with van der Waals surface area (Å²) in [6.07, 6.45) is 0.724. The first kappa shape index (κ1) is 14.0. The summed E-state index contributed by atoms with van der Waals surface area (Å²) in [7, 11) is 0. The molecule has 2 rings (SSSR count). The third kappa shape index (κ3) is 2.63. The van der Waals surface area contributed by atoms with Crippen molar-refractivity contribution in [2.24, 2.45) is 0 Å². The summed E-state index contributed by atoms with van der Waals surface area (Å²) in [5.74, 6) is 0.653. The van der Waals surface area contributed by atoms with E-state index in [2.05, 4.69) is 45.0 Å². The Morgan fingerprint density at radius 3 is 2.32 bits per heavy atom. The molecule has 3 nitrogen and oxygen atoms in total. The lowest BCUT2D eigenvalue weighted by Crippen LogP contribution is -2.14. The zero-order valence-corrected chi connectivity index (χ0v) is 13.2. The Kier molecular flexibility index (Phi) is 3.90. The van der Waals surface area contributed by atoms with Crippen molar-refractivity contribution in [3.8, 4) is 11.4 Å². The highest BCUT2D eigenvalue weighted by Crippen LogP contribution is 2.26. The number of H-pyrrole nitrogens is 1. The minimum absolute atomic E-state index is 0.124. The van der Waals surface area contributed by atoms with E-state index >= 15 is 0 Å². The van der Waals surface area contributed by atoms with Gasteiger partial charge in [0.15, 0.2) is 0 Å². The lowest BCUT2D eigenvalue weighted by Gasteiger charge is -2.12. The van der Waals surface area contributed by atoms with Crippen LogP contribution in [0.3, 0.4) is 0 Å². The van der Waals surface area contributed by atoms with Crippen LogP contribution in [0.25, 0.3) is 11.4 Å². The maximum Gasteiger partial charge on any atom is 0.265 e. The molecule has 0 atom stereocenters. The molecule has 0 spiro atoms. The SMILES string of the molecule is CCc1nc(-c2c(C)cc(C)cc2C)[nH]c(=O)c1Br. The van der Waals surface area contributed by atoms with Crippen LogP contribution in [-0.4, -0.2) is 9.97 Å². The Morgan fingerprint density at radius 1 is 1.21 bits per heavy atom. The molecule has 0 unspecified atom stereocenters. The smallest absolute Gasteiger partial charge is 0.265 e. The van der Waals surface area contributed by atoms with E-state index in [1.807, 2.05) is 20.8 Å². The number of rotatable bonds is 2. The molecule has 2 aromatic rings. The zero-order valence-electron chi connectivity index (χ0n) is 11.6. The summed E-state index contributed by atoms with van der Waals surface area (Å²) >= 11 is 3.29. The van der Waals surface area contributed by atoms with Crippen molar-refractivity contribution in [2.45, 2.75) is 34.1 Å². The first-order valence-corrected chi connectivity index (χ1v) is 7.10. The maximum absolute atomic E-state index is 11.9. The van der Waals surface area contributed by atoms with Crippen LogP contribution in [0.15, 0.2) is 21.4 Å². The van der Waals surface area contributed by atoms with Gasteiger partial charge in [0.2, 0.25) is 0 Å². The monoisotopic (exact) mass is 320 g/mol. The van der Waals surface area contributed by atoms with Gasteiger partial charge >= 0.3 is 0 Å². The average Bonchev–Trinajstić information content (AvgIpc) is 2.32. The van der Waals surface area contributed by atoms with Gasteiger partial charge in [-0.05, 0) is 54.2 Å². The summed E-state index contributed by atoms with van der Waals surface area (Å²) in [6, 6.07) is 4.21. The minimum atomic E-state index is -0.124. The van der Waals surface area contributed by atoms with Gasteiger partial charge < -0.3 is 4.98 Å². The van der Waals surface area contributed by atoms with Crippen LogP contribution in [0.4, 0.5) is 0 Å². The Morgan fingerprint density at radius 2 is 1.79 bits per heavy atom. The number of nitrogens with one attached hydrogen (secondary N) is 1. The van der Waals surface area contributed by atoms with Crippen molar-refractivity contribution >= 4 is 15.9 Å². The molecular weight excluding hydrogens is 304 g/mol. The summed E-state index contributed by atoms with van der Waals surface area (Å²) < 4.78 is 0.529. The second-order valence-electron chi connectivity index (χ2n) is 4.80. The van der Waals surface area contributed by atoms with E-state index in [1.54, 1.807) is 0 Å². The van der Waals surface area contributed by atoms with Gasteiger partial charge in [0.1, 0.15) is 10.3 Å². The molecule has 100 valence electrons. The zero-order chi connectivity index (χ0) is 14.2. The first-order chi connectivity index (χ1) is 8.93. The number of benzene rings is 1. The third-order valence-corrected chi connectivity index (χ3v) is 4.00. The molecule has 0 fully saturated rings. The molecule has 0 aliphatic rings. The van der Waals surface area contributed by atoms with Crippen LogP contribution in [0.1, 0.15) is 29.3 Å². The van der Waals surface area contributed by atoms with Crippen LogP contribution < -0.4 is 5.56 Å². The molecule has 1 N–H and O–H groups in total. The Hall–Kier alpha value is -1.42. The number of aryl methyl sites for hydroxylation is 4. The van der Waals surface area contributed by atoms with Gasteiger partial charge in [-0.2, -0.15) is 0 Å². The van der Waals surface area contributed by atoms with E-state index < -0.39 is 0 Å². The van der Waals surface area contributed by atoms with Crippen LogP contribution in [-0.2, 0) is 6.42 Å². The van der Waals surface area contributed by atoms with Crippen molar-refractivity contribution in [1.82, 2.24) is 9.97 Å². The fourth-order valence-corrected chi connectivity index (χ4v) is 2.88. The van der Waals surface area contributed by atoms with E-state index in [9.17, 15) is 4.79 Å². The van der Waals surface area contributed by atoms with Crippen molar-refractivity contribution in [1.29, 1.82) is 0 Å². The fourth-order valence-electron chi connectivity index (χ4n) is 2.41. The molecular formula is C15H17BrN2O. The summed E-state index contributed by atoms with van der Waals surface area (Å²) in [5, 5.41) is 0. The Bertz CT molecular complexity index is 666. The van der Waals surface area contributed by atoms with Crippen molar-refractivity contribution < 1.29 is 0 Å². The molecule has 1 aromatic carbocycles. The molecule has 1 heterocycles. The van der Waals surface area contributed by atoms with Crippen molar-refractivity contribution in [2.75, 3.05) is 0 Å². The number of nitrogens with zero attached hydrogens (tertiary/aromatic N) is 1. The highest BCUT2D eigenvalue weighted by atomic mass is 79.9. The topological polar surface area (TPSA) is 45.8 Å². The molecule has 0 radical (unpaired) electrons. The quantitative estimate of drug-likeness (QED) is 0.917. The van der Waals surface area contributed by atoms with Crippen LogP contribution in [0, 0.1) is 20.8 Å². The predicted molar refractivity (Wildman–Crippen MR) is 81.6 cm³/mol. The molecule has 4 heteroatoms. The summed E-state index contributed by atoms with van der Waals surface area (Å²) in [5.41, 5.74) is 5.16. The number of hydrogen-bond donors (Lipinski definition) is 1. The van der Waals surface area contributed by atoms with Crippen molar-refractivity contribution in [3.63, 3.8) is 0 Å². The fraction of sp³-hybridized carbons (Fsp3) is 0.333. The second kappa shape index (κ2) is 5.29. The van der Waals surface area contributed by atoms with Crippen LogP contribution in [0.5, 0.6) is 0 Å². The third-order valence-electron chi connectivity index (χ3n) is 3.18. The maximum atomic E-state index is 11.9. The normalized spacial score (nSPS) is 10.8. The first-order valence-electron chi connectivity index (χ1n) is 6.31. The number of aromatic amines is 1. The summed E-state index contributed by atoms with van der Waals surface area (Å²) in [6.45, 7) is 8.15. The van der Waals surface area contributed by atoms with E-state index in [4.69, 9.17) is 0 Å². The van der Waals surface area contributed by atoms with Gasteiger partial charge in [0, 0.05) is 5.56 Å². The molecule has 0 amide bonds. The molecule has 0 aliphatic carbocycles. The standard InChI is InChI=1S/C15H17BrN2O/c1-5-11-13(16)15(19)18-14(17-11)12-9(3)6-8(2)7-10(12)4/h6-7H,5H2,1-4H3,(H,17,18,19). The second-order valence-corrected chi connectivity index (χ2v) is 5.60. The Balaban J connectivity index is 2.73. The van der Waals surface area contributed by atoms with Gasteiger partial charge in [-0.25, -0.2) is 4.98 Å². The predicted octanol–water partition coefficient (Wildman–Crippen LogP) is 3.69. The van der Waals surface area contributed by atoms with Gasteiger partial charge in [-0.1, -0.05) is 24.6 Å². The van der Waals surface area contributed by atoms with Crippen LogP contribution in [0.2, 0.25) is 0 Å². The highest BCUT2D eigenvalue weighted by Gasteiger charge is 2.13. The van der Waals surface area contributed by atoms with Gasteiger partial charge in [-0.15, -0.1) is 0 Å². The Labute approximate surface area is 121 Å². The lowest BCUT2D eigenvalue weighted by atomic mass is 9.99. The molecule has 0 aliphatic heterocycles.